The van der Waals surface area contributed by atoms with Gasteiger partial charge in [0.15, 0.2) is 0 Å². The number of nitrogens with zero attached hydrogens (tertiary/aromatic N) is 2. The molecular weight excluding hydrogens is 192 g/mol. The molecule has 2 rings (SSSR count). The number of aryl methyl sites for hydroxylation is 2. The summed E-state index contributed by atoms with van der Waals surface area (Å²) in [6.45, 7) is 3.84. The van der Waals surface area contributed by atoms with Crippen LogP contribution in [-0.4, -0.2) is 20.9 Å². The average Bonchev–Trinajstić information content (AvgIpc) is 2.29. The molecule has 0 spiro atoms. The zero-order valence-electron chi connectivity index (χ0n) is 9.37. The summed E-state index contributed by atoms with van der Waals surface area (Å²) in [6.07, 6.45) is 2.49. The van der Waals surface area contributed by atoms with Gasteiger partial charge >= 0.3 is 5.97 Å². The van der Waals surface area contributed by atoms with Crippen molar-refractivity contribution in [3.05, 3.63) is 17.0 Å². The summed E-state index contributed by atoms with van der Waals surface area (Å²) in [5.41, 5.74) is 2.12. The van der Waals surface area contributed by atoms with Crippen LogP contribution in [0.15, 0.2) is 0 Å². The van der Waals surface area contributed by atoms with Gasteiger partial charge in [-0.2, -0.15) is 5.10 Å². The average molecular weight is 208 g/mol. The van der Waals surface area contributed by atoms with E-state index in [1.165, 1.54) is 0 Å². The van der Waals surface area contributed by atoms with Crippen LogP contribution in [0.25, 0.3) is 0 Å². The van der Waals surface area contributed by atoms with Crippen LogP contribution in [0.4, 0.5) is 0 Å². The molecule has 0 unspecified atom stereocenters. The molecule has 0 atom stereocenters. The van der Waals surface area contributed by atoms with Crippen molar-refractivity contribution in [3.63, 3.8) is 0 Å². The molecule has 4 nitrogen and oxygen atoms in total. The predicted octanol–water partition coefficient (Wildman–Crippen LogP) is 1.54. The molecular formula is C11H16N2O2. The normalized spacial score (nSPS) is 18.6. The van der Waals surface area contributed by atoms with Crippen LogP contribution in [0.5, 0.6) is 0 Å². The highest BCUT2D eigenvalue weighted by Crippen LogP contribution is 2.46. The Morgan fingerprint density at radius 3 is 2.33 bits per heavy atom. The van der Waals surface area contributed by atoms with E-state index in [4.69, 9.17) is 0 Å². The number of aliphatic carboxylic acids is 1. The van der Waals surface area contributed by atoms with Crippen LogP contribution < -0.4 is 0 Å². The van der Waals surface area contributed by atoms with Gasteiger partial charge in [0.05, 0.1) is 11.1 Å². The monoisotopic (exact) mass is 208 g/mol. The Morgan fingerprint density at radius 2 is 2.07 bits per heavy atom. The Bertz CT molecular complexity index is 416. The number of rotatable bonds is 2. The Labute approximate surface area is 88.9 Å². The number of hydrogen-bond acceptors (Lipinski definition) is 2. The molecule has 1 aromatic heterocycles. The first-order chi connectivity index (χ1) is 6.99. The predicted molar refractivity (Wildman–Crippen MR) is 55.8 cm³/mol. The standard InChI is InChI=1S/C11H16N2O2/c1-7-9(8(2)13(3)12-7)11(10(14)15)5-4-6-11/h4-6H2,1-3H3,(H,14,15). The summed E-state index contributed by atoms with van der Waals surface area (Å²) < 4.78 is 1.77. The summed E-state index contributed by atoms with van der Waals surface area (Å²) in [5.74, 6) is -0.701. The molecule has 4 heteroatoms. The van der Waals surface area contributed by atoms with E-state index in [1.807, 2.05) is 20.9 Å². The fraction of sp³-hybridized carbons (Fsp3) is 0.636. The van der Waals surface area contributed by atoms with Crippen LogP contribution in [0.2, 0.25) is 0 Å². The number of carboxylic acids is 1. The molecule has 1 aliphatic carbocycles. The highest BCUT2D eigenvalue weighted by molar-refractivity contribution is 5.83. The van der Waals surface area contributed by atoms with E-state index >= 15 is 0 Å². The van der Waals surface area contributed by atoms with Gasteiger partial charge in [-0.3, -0.25) is 9.48 Å². The topological polar surface area (TPSA) is 55.1 Å². The summed E-state index contributed by atoms with van der Waals surface area (Å²) in [6, 6.07) is 0. The summed E-state index contributed by atoms with van der Waals surface area (Å²) in [5, 5.41) is 13.7. The maximum Gasteiger partial charge on any atom is 0.314 e. The SMILES string of the molecule is Cc1nn(C)c(C)c1C1(C(=O)O)CCC1. The first kappa shape index (κ1) is 10.2. The third kappa shape index (κ3) is 1.20. The Morgan fingerprint density at radius 1 is 1.47 bits per heavy atom. The van der Waals surface area contributed by atoms with E-state index in [2.05, 4.69) is 5.10 Å². The second kappa shape index (κ2) is 3.08. The Hall–Kier alpha value is -1.32. The Balaban J connectivity index is 2.57. The minimum Gasteiger partial charge on any atom is -0.481 e. The molecule has 1 saturated carbocycles. The third-order valence-corrected chi connectivity index (χ3v) is 3.60. The van der Waals surface area contributed by atoms with Gasteiger partial charge in [-0.05, 0) is 26.7 Å². The molecule has 0 saturated heterocycles. The molecule has 1 aliphatic rings. The molecule has 1 aromatic rings. The van der Waals surface area contributed by atoms with Gasteiger partial charge in [0.25, 0.3) is 0 Å². The van der Waals surface area contributed by atoms with E-state index in [0.717, 1.165) is 36.2 Å². The van der Waals surface area contributed by atoms with Crippen molar-refractivity contribution in [2.75, 3.05) is 0 Å². The smallest absolute Gasteiger partial charge is 0.314 e. The molecule has 0 amide bonds. The highest BCUT2D eigenvalue weighted by Gasteiger charge is 2.48. The quantitative estimate of drug-likeness (QED) is 0.802. The van der Waals surface area contributed by atoms with Gasteiger partial charge < -0.3 is 5.11 Å². The van der Waals surface area contributed by atoms with Crippen molar-refractivity contribution < 1.29 is 9.90 Å². The Kier molecular flexibility index (Phi) is 2.10. The van der Waals surface area contributed by atoms with Gasteiger partial charge in [-0.15, -0.1) is 0 Å². The molecule has 1 N–H and O–H groups in total. The lowest BCUT2D eigenvalue weighted by Crippen LogP contribution is -2.43. The second-order valence-corrected chi connectivity index (χ2v) is 4.41. The maximum atomic E-state index is 11.4. The summed E-state index contributed by atoms with van der Waals surface area (Å²) in [4.78, 5) is 11.4. The van der Waals surface area contributed by atoms with Gasteiger partial charge in [0.1, 0.15) is 0 Å². The van der Waals surface area contributed by atoms with Crippen LogP contribution in [0, 0.1) is 13.8 Å². The van der Waals surface area contributed by atoms with Crippen LogP contribution in [-0.2, 0) is 17.3 Å². The fourth-order valence-electron chi connectivity index (χ4n) is 2.57. The number of aromatic nitrogens is 2. The van der Waals surface area contributed by atoms with E-state index in [1.54, 1.807) is 4.68 Å². The number of carbonyl (C=O) groups is 1. The lowest BCUT2D eigenvalue weighted by atomic mass is 9.64. The van der Waals surface area contributed by atoms with Crippen molar-refractivity contribution in [2.45, 2.75) is 38.5 Å². The first-order valence-electron chi connectivity index (χ1n) is 5.23. The van der Waals surface area contributed by atoms with Gasteiger partial charge in [0, 0.05) is 18.3 Å². The molecule has 0 radical (unpaired) electrons. The molecule has 82 valence electrons. The van der Waals surface area contributed by atoms with Gasteiger partial charge in [-0.1, -0.05) is 6.42 Å². The highest BCUT2D eigenvalue weighted by atomic mass is 16.4. The summed E-state index contributed by atoms with van der Waals surface area (Å²) >= 11 is 0. The number of carboxylic acid groups (broad SMARTS) is 1. The van der Waals surface area contributed by atoms with Crippen LogP contribution in [0.3, 0.4) is 0 Å². The van der Waals surface area contributed by atoms with E-state index in [9.17, 15) is 9.90 Å². The molecule has 15 heavy (non-hydrogen) atoms. The van der Waals surface area contributed by atoms with E-state index < -0.39 is 11.4 Å². The minimum absolute atomic E-state index is 0.650. The van der Waals surface area contributed by atoms with Crippen molar-refractivity contribution in [1.82, 2.24) is 9.78 Å². The van der Waals surface area contributed by atoms with Crippen molar-refractivity contribution in [3.8, 4) is 0 Å². The fourth-order valence-corrected chi connectivity index (χ4v) is 2.57. The van der Waals surface area contributed by atoms with Crippen molar-refractivity contribution in [2.24, 2.45) is 7.05 Å². The molecule has 1 heterocycles. The van der Waals surface area contributed by atoms with E-state index in [0.29, 0.717) is 0 Å². The maximum absolute atomic E-state index is 11.4. The number of hydrogen-bond donors (Lipinski definition) is 1. The van der Waals surface area contributed by atoms with Crippen molar-refractivity contribution >= 4 is 5.97 Å². The zero-order valence-corrected chi connectivity index (χ0v) is 9.37. The van der Waals surface area contributed by atoms with Gasteiger partial charge in [0.2, 0.25) is 0 Å². The summed E-state index contributed by atoms with van der Waals surface area (Å²) in [7, 11) is 1.86. The molecule has 0 aromatic carbocycles. The lowest BCUT2D eigenvalue weighted by Gasteiger charge is -2.38. The van der Waals surface area contributed by atoms with E-state index in [-0.39, 0.29) is 0 Å². The lowest BCUT2D eigenvalue weighted by molar-refractivity contribution is -0.147. The van der Waals surface area contributed by atoms with Crippen molar-refractivity contribution in [1.29, 1.82) is 0 Å². The van der Waals surface area contributed by atoms with Crippen LogP contribution in [0.1, 0.15) is 36.2 Å². The van der Waals surface area contributed by atoms with Gasteiger partial charge in [-0.25, -0.2) is 0 Å². The minimum atomic E-state index is -0.701. The molecule has 0 bridgehead atoms. The molecule has 0 aliphatic heterocycles. The largest absolute Gasteiger partial charge is 0.481 e. The third-order valence-electron chi connectivity index (χ3n) is 3.60. The second-order valence-electron chi connectivity index (χ2n) is 4.41. The van der Waals surface area contributed by atoms with Crippen LogP contribution >= 0.6 is 0 Å². The molecule has 1 fully saturated rings. The first-order valence-corrected chi connectivity index (χ1v) is 5.23. The zero-order chi connectivity index (χ0) is 11.2.